The molecule has 2 aromatic rings. The van der Waals surface area contributed by atoms with E-state index in [4.69, 9.17) is 4.74 Å². The number of hydrogen-bond donors (Lipinski definition) is 5. The van der Waals surface area contributed by atoms with Crippen molar-refractivity contribution in [3.63, 3.8) is 0 Å². The molecule has 22 heteroatoms. The third-order valence-corrected chi connectivity index (χ3v) is 9.20. The average Bonchev–Trinajstić information content (AvgIpc) is 3.36. The quantitative estimate of drug-likeness (QED) is 0.101. The number of nitrogens with one attached hydrogen (secondary N) is 2. The molecule has 7 atom stereocenters. The smallest absolute Gasteiger partial charge is 0.280 e. The van der Waals surface area contributed by atoms with Gasteiger partial charge in [0.2, 0.25) is 7.75 Å². The molecule has 4 unspecified atom stereocenters. The standard InChI is InChI=1S/C17H32N7O12P3/c1-19-6-4-2-3-5-7-20-15-12-16(22-9-21-15)24(10-23-12)17-14(26)13(25)11(34-17)8-33-38(29,30)36-39(31,32)35-37(18,27)28/h9-11,13-14,17,19,25-26H,2-8H2,1H3,(H,29,30)(H,31,32)(H3,18,27,28)(H,20,21,22)/p-3/t11-,13?,14+,17-/m1/s1. The van der Waals surface area contributed by atoms with Gasteiger partial charge in [0.1, 0.15) is 24.6 Å². The van der Waals surface area contributed by atoms with Gasteiger partial charge >= 0.3 is 0 Å². The van der Waals surface area contributed by atoms with E-state index in [2.05, 4.69) is 44.2 Å². The minimum atomic E-state index is -5.96. The number of phosphoric ester groups is 1. The van der Waals surface area contributed by atoms with E-state index in [0.29, 0.717) is 17.9 Å². The fraction of sp³-hybridized carbons (Fsp3) is 0.706. The summed E-state index contributed by atoms with van der Waals surface area (Å²) in [6.45, 7) is 0.572. The van der Waals surface area contributed by atoms with Gasteiger partial charge in [0.05, 0.1) is 12.9 Å². The van der Waals surface area contributed by atoms with E-state index < -0.39 is 54.5 Å². The Morgan fingerprint density at radius 2 is 1.72 bits per heavy atom. The van der Waals surface area contributed by atoms with E-state index in [9.17, 15) is 38.6 Å². The van der Waals surface area contributed by atoms with Gasteiger partial charge in [-0.2, -0.15) is 0 Å². The zero-order valence-electron chi connectivity index (χ0n) is 20.6. The Balaban J connectivity index is 1.62. The molecule has 19 nitrogen and oxygen atoms in total. The average molecular weight is 616 g/mol. The number of aliphatic hydroxyl groups excluding tert-OH is 2. The maximum atomic E-state index is 11.8. The van der Waals surface area contributed by atoms with Crippen LogP contribution in [0.4, 0.5) is 5.82 Å². The van der Waals surface area contributed by atoms with Crippen LogP contribution in [0.5, 0.6) is 0 Å². The van der Waals surface area contributed by atoms with Gasteiger partial charge in [0, 0.05) is 6.54 Å². The lowest BCUT2D eigenvalue weighted by Crippen LogP contribution is -2.34. The highest BCUT2D eigenvalue weighted by atomic mass is 31.3. The fourth-order valence-corrected chi connectivity index (χ4v) is 6.72. The van der Waals surface area contributed by atoms with E-state index >= 15 is 0 Å². The minimum Gasteiger partial charge on any atom is -0.766 e. The van der Waals surface area contributed by atoms with Crippen molar-refractivity contribution in [1.29, 1.82) is 0 Å². The van der Waals surface area contributed by atoms with Crippen LogP contribution in [0.25, 0.3) is 11.2 Å². The van der Waals surface area contributed by atoms with Crippen molar-refractivity contribution in [2.75, 3.05) is 32.1 Å². The van der Waals surface area contributed by atoms with E-state index in [0.717, 1.165) is 32.2 Å². The highest BCUT2D eigenvalue weighted by Crippen LogP contribution is 2.60. The first-order valence-electron chi connectivity index (χ1n) is 11.6. The SMILES string of the molecule is CNCCCCCCNc1ncnc2c1ncn2[C@@H]1O[C@H](COP(=O)([O-])OP(=O)([O-])OP(N)(=O)[O-])C(O)[C@@H]1O. The van der Waals surface area contributed by atoms with E-state index in [-0.39, 0.29) is 5.65 Å². The highest BCUT2D eigenvalue weighted by molar-refractivity contribution is 7.66. The summed E-state index contributed by atoms with van der Waals surface area (Å²) in [6.07, 6.45) is 0.533. The first kappa shape index (κ1) is 32.1. The lowest BCUT2D eigenvalue weighted by Gasteiger charge is -2.33. The van der Waals surface area contributed by atoms with Crippen molar-refractivity contribution in [1.82, 2.24) is 24.8 Å². The number of aromatic nitrogens is 4. The van der Waals surface area contributed by atoms with Gasteiger partial charge in [-0.3, -0.25) is 28.1 Å². The second kappa shape index (κ2) is 13.5. The summed E-state index contributed by atoms with van der Waals surface area (Å²) >= 11 is 0. The number of fused-ring (bicyclic) bond motifs is 1. The Hall–Kier alpha value is -1.40. The number of nitrogens with zero attached hydrogens (tertiary/aromatic N) is 4. The monoisotopic (exact) mass is 616 g/mol. The molecule has 0 bridgehead atoms. The van der Waals surface area contributed by atoms with Crippen LogP contribution in [0.3, 0.4) is 0 Å². The van der Waals surface area contributed by atoms with Crippen molar-refractivity contribution in [3.05, 3.63) is 12.7 Å². The van der Waals surface area contributed by atoms with Gasteiger partial charge in [0.25, 0.3) is 15.6 Å². The molecule has 1 fully saturated rings. The van der Waals surface area contributed by atoms with E-state index in [1.54, 1.807) is 0 Å². The molecule has 0 aromatic carbocycles. The van der Waals surface area contributed by atoms with Crippen LogP contribution < -0.4 is 30.8 Å². The number of imidazole rings is 1. The molecule has 2 aromatic heterocycles. The number of rotatable bonds is 16. The summed E-state index contributed by atoms with van der Waals surface area (Å²) in [4.78, 5) is 46.6. The molecular weight excluding hydrogens is 587 g/mol. The number of phosphoric acid groups is 2. The normalized spacial score (nSPS) is 26.2. The first-order valence-corrected chi connectivity index (χ1v) is 16.1. The minimum absolute atomic E-state index is 0.241. The molecule has 1 saturated heterocycles. The Labute approximate surface area is 222 Å². The lowest BCUT2D eigenvalue weighted by atomic mass is 10.1. The predicted octanol–water partition coefficient (Wildman–Crippen LogP) is -1.95. The second-order valence-corrected chi connectivity index (χ2v) is 12.9. The number of hydrogen-bond acceptors (Lipinski definition) is 17. The van der Waals surface area contributed by atoms with Gasteiger partial charge in [-0.1, -0.05) is 12.8 Å². The summed E-state index contributed by atoms with van der Waals surface area (Å²) in [5.74, 6) is 0.440. The van der Waals surface area contributed by atoms with Gasteiger partial charge in [-0.25, -0.2) is 19.3 Å². The highest BCUT2D eigenvalue weighted by Gasteiger charge is 2.45. The molecule has 0 spiro atoms. The Morgan fingerprint density at radius 3 is 2.38 bits per heavy atom. The number of anilines is 1. The Morgan fingerprint density at radius 1 is 1.03 bits per heavy atom. The summed E-state index contributed by atoms with van der Waals surface area (Å²) in [5, 5.41) is 27.1. The zero-order chi connectivity index (χ0) is 28.8. The van der Waals surface area contributed by atoms with Crippen LogP contribution >= 0.6 is 23.4 Å². The molecule has 1 aliphatic rings. The molecule has 222 valence electrons. The topological polar surface area (TPSA) is 291 Å². The zero-order valence-corrected chi connectivity index (χ0v) is 23.3. The fourth-order valence-electron chi connectivity index (χ4n) is 3.72. The lowest BCUT2D eigenvalue weighted by molar-refractivity contribution is -0.246. The molecule has 6 N–H and O–H groups in total. The first-order chi connectivity index (χ1) is 18.2. The maximum Gasteiger partial charge on any atom is 0.280 e. The van der Waals surface area contributed by atoms with Gasteiger partial charge in [-0.05, 0) is 26.4 Å². The maximum absolute atomic E-state index is 11.8. The van der Waals surface area contributed by atoms with Crippen molar-refractivity contribution in [2.45, 2.75) is 50.2 Å². The summed E-state index contributed by atoms with van der Waals surface area (Å²) in [6, 6.07) is 0. The molecule has 0 aliphatic carbocycles. The van der Waals surface area contributed by atoms with Crippen LogP contribution in [0.15, 0.2) is 12.7 Å². The predicted molar refractivity (Wildman–Crippen MR) is 127 cm³/mol. The Kier molecular flexibility index (Phi) is 11.1. The van der Waals surface area contributed by atoms with E-state index in [1.165, 1.54) is 17.2 Å². The third-order valence-electron chi connectivity index (χ3n) is 5.43. The van der Waals surface area contributed by atoms with Crippen molar-refractivity contribution in [3.8, 4) is 0 Å². The van der Waals surface area contributed by atoms with Crippen molar-refractivity contribution in [2.24, 2.45) is 5.50 Å². The van der Waals surface area contributed by atoms with Gasteiger partial charge in [0.15, 0.2) is 23.2 Å². The van der Waals surface area contributed by atoms with Crippen LogP contribution in [-0.4, -0.2) is 74.8 Å². The molecular formula is C17H29N7O12P3-3. The summed E-state index contributed by atoms with van der Waals surface area (Å²) in [5.41, 5.74) is 5.00. The molecule has 3 heterocycles. The molecule has 0 radical (unpaired) electrons. The summed E-state index contributed by atoms with van der Waals surface area (Å²) < 4.78 is 52.2. The van der Waals surface area contributed by atoms with Gasteiger partial charge in [-0.15, -0.1) is 0 Å². The molecule has 0 saturated carbocycles. The van der Waals surface area contributed by atoms with Gasteiger partial charge < -0.3 is 44.8 Å². The number of ether oxygens (including phenoxy) is 1. The Bertz CT molecular complexity index is 1250. The molecule has 1 aliphatic heterocycles. The number of aliphatic hydroxyl groups is 2. The summed E-state index contributed by atoms with van der Waals surface area (Å²) in [7, 11) is -15.2. The second-order valence-electron chi connectivity index (χ2n) is 8.43. The number of nitrogens with two attached hydrogens (primary N) is 1. The van der Waals surface area contributed by atoms with E-state index in [1.807, 2.05) is 7.05 Å². The van der Waals surface area contributed by atoms with Crippen LogP contribution in [0, 0.1) is 0 Å². The largest absolute Gasteiger partial charge is 0.766 e. The number of unbranched alkanes of at least 4 members (excludes halogenated alkanes) is 3. The molecule has 0 amide bonds. The van der Waals surface area contributed by atoms with Crippen molar-refractivity contribution < 1.29 is 56.5 Å². The van der Waals surface area contributed by atoms with Crippen LogP contribution in [0.1, 0.15) is 31.9 Å². The molecule has 3 rings (SSSR count). The molecule has 39 heavy (non-hydrogen) atoms. The van der Waals surface area contributed by atoms with Crippen molar-refractivity contribution >= 4 is 40.4 Å². The van der Waals surface area contributed by atoms with Crippen LogP contribution in [0.2, 0.25) is 0 Å². The third kappa shape index (κ3) is 9.31. The van der Waals surface area contributed by atoms with Crippen LogP contribution in [-0.2, 0) is 31.6 Å².